The van der Waals surface area contributed by atoms with Gasteiger partial charge in [0.15, 0.2) is 0 Å². The van der Waals surface area contributed by atoms with Crippen molar-refractivity contribution in [3.8, 4) is 5.75 Å². The second-order valence-electron chi connectivity index (χ2n) is 9.78. The minimum atomic E-state index is -0.647. The predicted molar refractivity (Wildman–Crippen MR) is 141 cm³/mol. The monoisotopic (exact) mass is 504 g/mol. The molecule has 0 amide bonds. The standard InChI is InChI=1S/C27H37ClN2O3S/c1-33-20-10-11-26-23(16-20)22(25(28)17-29-26)9-5-6-19-12-13-30(18-24(19)27(31)32)14-15-34-21-7-3-2-4-8-21/h10-11,16-17,19,21,24H,2-9,12-15,18H2,1H3,(H,31,32). The Hall–Kier alpha value is -1.50. The van der Waals surface area contributed by atoms with Crippen molar-refractivity contribution in [1.82, 2.24) is 9.88 Å². The Bertz CT molecular complexity index is 966. The Labute approximate surface area is 212 Å². The number of hydrogen-bond donors (Lipinski definition) is 1. The van der Waals surface area contributed by atoms with E-state index < -0.39 is 5.97 Å². The van der Waals surface area contributed by atoms with Gasteiger partial charge in [-0.2, -0.15) is 11.8 Å². The van der Waals surface area contributed by atoms with Gasteiger partial charge in [0, 0.05) is 35.7 Å². The van der Waals surface area contributed by atoms with Crippen LogP contribution in [-0.2, 0) is 11.2 Å². The van der Waals surface area contributed by atoms with Gasteiger partial charge in [-0.05, 0) is 74.8 Å². The summed E-state index contributed by atoms with van der Waals surface area (Å²) in [6.45, 7) is 2.70. The fourth-order valence-corrected chi connectivity index (χ4v) is 7.21. The summed E-state index contributed by atoms with van der Waals surface area (Å²) in [5.74, 6) is 1.21. The summed E-state index contributed by atoms with van der Waals surface area (Å²) in [7, 11) is 1.66. The first-order valence-electron chi connectivity index (χ1n) is 12.7. The van der Waals surface area contributed by atoms with Crippen LogP contribution in [0.3, 0.4) is 0 Å². The van der Waals surface area contributed by atoms with E-state index in [9.17, 15) is 9.90 Å². The highest BCUT2D eigenvalue weighted by Gasteiger charge is 2.33. The van der Waals surface area contributed by atoms with Gasteiger partial charge < -0.3 is 14.7 Å². The molecule has 7 heteroatoms. The number of carboxylic acid groups (broad SMARTS) is 1. The molecule has 1 aliphatic heterocycles. The zero-order chi connectivity index (χ0) is 23.9. The number of benzene rings is 1. The van der Waals surface area contributed by atoms with Crippen molar-refractivity contribution >= 4 is 40.2 Å². The third-order valence-electron chi connectivity index (χ3n) is 7.61. The predicted octanol–water partition coefficient (Wildman–Crippen LogP) is 6.31. The molecule has 1 aliphatic carbocycles. The van der Waals surface area contributed by atoms with Gasteiger partial charge >= 0.3 is 5.97 Å². The van der Waals surface area contributed by atoms with Gasteiger partial charge in [0.05, 0.1) is 23.6 Å². The molecule has 2 fully saturated rings. The van der Waals surface area contributed by atoms with Crippen molar-refractivity contribution in [2.75, 3.05) is 32.5 Å². The zero-order valence-corrected chi connectivity index (χ0v) is 21.8. The van der Waals surface area contributed by atoms with Gasteiger partial charge in [0.2, 0.25) is 0 Å². The number of carboxylic acids is 1. The van der Waals surface area contributed by atoms with Crippen LogP contribution in [0.5, 0.6) is 5.75 Å². The van der Waals surface area contributed by atoms with E-state index in [1.807, 2.05) is 18.2 Å². The first kappa shape index (κ1) is 25.6. The summed E-state index contributed by atoms with van der Waals surface area (Å²) in [5, 5.41) is 12.4. The van der Waals surface area contributed by atoms with Crippen molar-refractivity contribution in [2.24, 2.45) is 11.8 Å². The molecule has 186 valence electrons. The van der Waals surface area contributed by atoms with Gasteiger partial charge in [0.1, 0.15) is 5.75 Å². The summed E-state index contributed by atoms with van der Waals surface area (Å²) in [4.78, 5) is 18.9. The molecule has 1 saturated carbocycles. The maximum atomic E-state index is 12.1. The number of carbonyl (C=O) groups is 1. The van der Waals surface area contributed by atoms with Crippen molar-refractivity contribution in [3.05, 3.63) is 35.0 Å². The number of hydrogen-bond acceptors (Lipinski definition) is 5. The lowest BCUT2D eigenvalue weighted by atomic mass is 9.81. The number of likely N-dealkylation sites (tertiary alicyclic amines) is 1. The van der Waals surface area contributed by atoms with E-state index in [4.69, 9.17) is 16.3 Å². The fourth-order valence-electron chi connectivity index (χ4n) is 5.60. The Balaban J connectivity index is 1.30. The fraction of sp³-hybridized carbons (Fsp3) is 0.630. The number of halogens is 1. The minimum Gasteiger partial charge on any atom is -0.497 e. The van der Waals surface area contributed by atoms with Gasteiger partial charge in [0.25, 0.3) is 0 Å². The maximum Gasteiger partial charge on any atom is 0.308 e. The van der Waals surface area contributed by atoms with Crippen LogP contribution < -0.4 is 4.74 Å². The molecule has 1 N–H and O–H groups in total. The lowest BCUT2D eigenvalue weighted by molar-refractivity contribution is -0.146. The number of ether oxygens (including phenoxy) is 1. The molecule has 1 aromatic heterocycles. The molecule has 2 aliphatic rings. The summed E-state index contributed by atoms with van der Waals surface area (Å²) < 4.78 is 5.39. The highest BCUT2D eigenvalue weighted by atomic mass is 35.5. The number of methoxy groups -OCH3 is 1. The molecule has 1 aromatic carbocycles. The van der Waals surface area contributed by atoms with E-state index in [1.54, 1.807) is 13.3 Å². The lowest BCUT2D eigenvalue weighted by Gasteiger charge is -2.37. The van der Waals surface area contributed by atoms with Crippen LogP contribution in [-0.4, -0.2) is 58.7 Å². The van der Waals surface area contributed by atoms with Crippen molar-refractivity contribution in [1.29, 1.82) is 0 Å². The van der Waals surface area contributed by atoms with E-state index >= 15 is 0 Å². The molecule has 1 saturated heterocycles. The van der Waals surface area contributed by atoms with E-state index in [0.29, 0.717) is 11.6 Å². The van der Waals surface area contributed by atoms with Gasteiger partial charge in [-0.1, -0.05) is 30.9 Å². The topological polar surface area (TPSA) is 62.7 Å². The number of fused-ring (bicyclic) bond motifs is 1. The van der Waals surface area contributed by atoms with Crippen LogP contribution in [0.2, 0.25) is 5.02 Å². The first-order valence-corrected chi connectivity index (χ1v) is 14.2. The number of aliphatic carboxylic acids is 1. The van der Waals surface area contributed by atoms with Crippen LogP contribution in [0.4, 0.5) is 0 Å². The van der Waals surface area contributed by atoms with Crippen LogP contribution in [0.25, 0.3) is 10.9 Å². The summed E-state index contributed by atoms with van der Waals surface area (Å²) in [6, 6.07) is 5.86. The number of pyridine rings is 1. The number of thioether (sulfide) groups is 1. The molecule has 0 radical (unpaired) electrons. The normalized spacial score (nSPS) is 22.2. The maximum absolute atomic E-state index is 12.1. The van der Waals surface area contributed by atoms with Gasteiger partial charge in [-0.3, -0.25) is 9.78 Å². The van der Waals surface area contributed by atoms with Crippen LogP contribution in [0.1, 0.15) is 56.9 Å². The van der Waals surface area contributed by atoms with Crippen molar-refractivity contribution in [2.45, 2.75) is 63.0 Å². The van der Waals surface area contributed by atoms with Crippen LogP contribution >= 0.6 is 23.4 Å². The third-order valence-corrected chi connectivity index (χ3v) is 9.29. The highest BCUT2D eigenvalue weighted by molar-refractivity contribution is 7.99. The van der Waals surface area contributed by atoms with E-state index in [0.717, 1.165) is 72.0 Å². The molecular weight excluding hydrogens is 468 g/mol. The Morgan fingerprint density at radius 3 is 2.85 bits per heavy atom. The van der Waals surface area contributed by atoms with Crippen molar-refractivity contribution in [3.63, 3.8) is 0 Å². The minimum absolute atomic E-state index is 0.223. The highest BCUT2D eigenvalue weighted by Crippen LogP contribution is 2.33. The quantitative estimate of drug-likeness (QED) is 0.409. The Morgan fingerprint density at radius 1 is 1.26 bits per heavy atom. The molecular formula is C27H37ClN2O3S. The number of aryl methyl sites for hydroxylation is 1. The second kappa shape index (κ2) is 12.5. The Kier molecular flexibility index (Phi) is 9.38. The first-order chi connectivity index (χ1) is 16.5. The molecule has 0 spiro atoms. The molecule has 2 atom stereocenters. The molecule has 0 bridgehead atoms. The van der Waals surface area contributed by atoms with Gasteiger partial charge in [-0.15, -0.1) is 0 Å². The summed E-state index contributed by atoms with van der Waals surface area (Å²) in [6.07, 6.45) is 12.2. The largest absolute Gasteiger partial charge is 0.497 e. The Morgan fingerprint density at radius 2 is 2.09 bits per heavy atom. The molecule has 34 heavy (non-hydrogen) atoms. The van der Waals surface area contributed by atoms with E-state index in [1.165, 1.54) is 32.1 Å². The smallest absolute Gasteiger partial charge is 0.308 e. The lowest BCUT2D eigenvalue weighted by Crippen LogP contribution is -2.44. The SMILES string of the molecule is COc1ccc2ncc(Cl)c(CCCC3CCN(CCSC4CCCCC4)CC3C(=O)O)c2c1. The number of aromatic nitrogens is 1. The third kappa shape index (κ3) is 6.58. The molecule has 4 rings (SSSR count). The van der Waals surface area contributed by atoms with Crippen LogP contribution in [0, 0.1) is 11.8 Å². The average Bonchev–Trinajstić information content (AvgIpc) is 2.86. The molecule has 2 aromatic rings. The summed E-state index contributed by atoms with van der Waals surface area (Å²) >= 11 is 8.62. The van der Waals surface area contributed by atoms with Crippen LogP contribution in [0.15, 0.2) is 24.4 Å². The van der Waals surface area contributed by atoms with Crippen molar-refractivity contribution < 1.29 is 14.6 Å². The molecule has 2 unspecified atom stereocenters. The van der Waals surface area contributed by atoms with E-state index in [-0.39, 0.29) is 11.8 Å². The zero-order valence-electron chi connectivity index (χ0n) is 20.2. The molecule has 2 heterocycles. The summed E-state index contributed by atoms with van der Waals surface area (Å²) in [5.41, 5.74) is 1.98. The molecule has 5 nitrogen and oxygen atoms in total. The van der Waals surface area contributed by atoms with Gasteiger partial charge in [-0.25, -0.2) is 0 Å². The number of piperidine rings is 1. The number of rotatable bonds is 10. The average molecular weight is 505 g/mol. The van der Waals surface area contributed by atoms with E-state index in [2.05, 4.69) is 21.6 Å². The number of nitrogens with zero attached hydrogens (tertiary/aromatic N) is 2. The second-order valence-corrected chi connectivity index (χ2v) is 11.6.